The normalized spacial score (nSPS) is 46.9. The zero-order valence-corrected chi connectivity index (χ0v) is 9.73. The smallest absolute Gasteiger partial charge is 0.151 e. The molecule has 4 atom stereocenters. The molecule has 2 rings (SSSR count). The van der Waals surface area contributed by atoms with Crippen LogP contribution in [0.2, 0.25) is 0 Å². The van der Waals surface area contributed by atoms with Crippen LogP contribution in [0.5, 0.6) is 0 Å². The first-order valence-electron chi connectivity index (χ1n) is 4.83. The van der Waals surface area contributed by atoms with E-state index >= 15 is 0 Å². The second-order valence-corrected chi connectivity index (χ2v) is 8.39. The Morgan fingerprint density at radius 1 is 1.43 bits per heavy atom. The average molecular weight is 237 g/mol. The Labute approximate surface area is 86.8 Å². The summed E-state index contributed by atoms with van der Waals surface area (Å²) >= 11 is 0. The molecule has 0 amide bonds. The summed E-state index contributed by atoms with van der Waals surface area (Å²) in [5, 5.41) is 3.17. The lowest BCUT2D eigenvalue weighted by Crippen LogP contribution is -2.58. The molecule has 2 aliphatic heterocycles. The van der Waals surface area contributed by atoms with Gasteiger partial charge in [-0.15, -0.1) is 0 Å². The van der Waals surface area contributed by atoms with E-state index < -0.39 is 20.6 Å². The third-order valence-electron chi connectivity index (χ3n) is 2.97. The lowest BCUT2D eigenvalue weighted by Gasteiger charge is -2.37. The zero-order valence-electron chi connectivity index (χ0n) is 8.10. The Morgan fingerprint density at radius 2 is 2.14 bits per heavy atom. The molecule has 14 heavy (non-hydrogen) atoms. The van der Waals surface area contributed by atoms with Crippen molar-refractivity contribution >= 4 is 20.6 Å². The molecule has 0 aromatic heterocycles. The summed E-state index contributed by atoms with van der Waals surface area (Å²) < 4.78 is 34.6. The predicted molar refractivity (Wildman–Crippen MR) is 56.5 cm³/mol. The van der Waals surface area contributed by atoms with Gasteiger partial charge in [-0.2, -0.15) is 0 Å². The first-order valence-corrected chi connectivity index (χ1v) is 7.92. The molecular formula is C8H15NO3S2. The lowest BCUT2D eigenvalue weighted by molar-refractivity contribution is 0.445. The van der Waals surface area contributed by atoms with E-state index in [9.17, 15) is 12.6 Å². The van der Waals surface area contributed by atoms with Crippen LogP contribution >= 0.6 is 0 Å². The molecule has 1 N–H and O–H groups in total. The first-order chi connectivity index (χ1) is 6.49. The van der Waals surface area contributed by atoms with Crippen molar-refractivity contribution in [1.29, 1.82) is 0 Å². The van der Waals surface area contributed by atoms with E-state index in [4.69, 9.17) is 0 Å². The third kappa shape index (κ3) is 1.87. The Bertz CT molecular complexity index is 352. The maximum absolute atomic E-state index is 11.9. The molecule has 0 aliphatic carbocycles. The number of sulfone groups is 1. The van der Waals surface area contributed by atoms with E-state index in [1.54, 1.807) is 0 Å². The van der Waals surface area contributed by atoms with Gasteiger partial charge in [-0.1, -0.05) is 0 Å². The van der Waals surface area contributed by atoms with Crippen LogP contribution in [0.3, 0.4) is 0 Å². The standard InChI is InChI=1S/C8H15NO3S2/c1-6-4-9-7-2-3-14(11,12)5-8(7)13(6)10/h6-9H,2-5H2,1H3. The van der Waals surface area contributed by atoms with Gasteiger partial charge in [-0.25, -0.2) is 8.42 Å². The van der Waals surface area contributed by atoms with Crippen molar-refractivity contribution in [3.05, 3.63) is 0 Å². The molecule has 2 aliphatic rings. The van der Waals surface area contributed by atoms with Crippen molar-refractivity contribution in [3.8, 4) is 0 Å². The lowest BCUT2D eigenvalue weighted by atomic mass is 10.1. The highest BCUT2D eigenvalue weighted by atomic mass is 32.2. The second kappa shape index (κ2) is 3.57. The highest BCUT2D eigenvalue weighted by Crippen LogP contribution is 2.23. The Hall–Kier alpha value is 0.0600. The predicted octanol–water partition coefficient (Wildman–Crippen LogP) is -0.717. The molecule has 4 unspecified atom stereocenters. The van der Waals surface area contributed by atoms with Crippen LogP contribution in [-0.2, 0) is 20.6 Å². The molecule has 2 saturated heterocycles. The summed E-state index contributed by atoms with van der Waals surface area (Å²) in [7, 11) is -3.93. The van der Waals surface area contributed by atoms with Crippen molar-refractivity contribution in [3.63, 3.8) is 0 Å². The monoisotopic (exact) mass is 237 g/mol. The van der Waals surface area contributed by atoms with Gasteiger partial charge in [0.25, 0.3) is 0 Å². The van der Waals surface area contributed by atoms with Gasteiger partial charge in [-0.05, 0) is 13.3 Å². The van der Waals surface area contributed by atoms with Crippen LogP contribution in [0.15, 0.2) is 0 Å². The van der Waals surface area contributed by atoms with E-state index in [0.29, 0.717) is 6.42 Å². The van der Waals surface area contributed by atoms with Crippen LogP contribution < -0.4 is 5.32 Å². The van der Waals surface area contributed by atoms with Gasteiger partial charge in [0.1, 0.15) is 0 Å². The van der Waals surface area contributed by atoms with Gasteiger partial charge in [0.05, 0.1) is 16.8 Å². The van der Waals surface area contributed by atoms with Crippen LogP contribution in [-0.4, -0.2) is 47.2 Å². The molecule has 0 aromatic carbocycles. The molecular weight excluding hydrogens is 222 g/mol. The summed E-state index contributed by atoms with van der Waals surface area (Å²) in [6, 6.07) is 0.149. The van der Waals surface area contributed by atoms with Crippen molar-refractivity contribution in [2.24, 2.45) is 0 Å². The fourth-order valence-corrected chi connectivity index (χ4v) is 6.19. The molecule has 82 valence electrons. The van der Waals surface area contributed by atoms with Crippen LogP contribution in [0.25, 0.3) is 0 Å². The Morgan fingerprint density at radius 3 is 2.86 bits per heavy atom. The maximum Gasteiger partial charge on any atom is 0.151 e. The number of nitrogens with one attached hydrogen (secondary N) is 1. The summed E-state index contributed by atoms with van der Waals surface area (Å²) in [4.78, 5) is 0. The Balaban J connectivity index is 2.21. The minimum absolute atomic E-state index is 0.0737. The minimum atomic E-state index is -2.94. The molecule has 2 fully saturated rings. The third-order valence-corrected chi connectivity index (χ3v) is 6.96. The van der Waals surface area contributed by atoms with Crippen LogP contribution in [0, 0.1) is 0 Å². The van der Waals surface area contributed by atoms with E-state index in [-0.39, 0.29) is 28.0 Å². The SMILES string of the molecule is CC1CNC2CCS(=O)(=O)CC2S1=O. The molecule has 0 radical (unpaired) electrons. The van der Waals surface area contributed by atoms with Crippen LogP contribution in [0.1, 0.15) is 13.3 Å². The summed E-state index contributed by atoms with van der Waals surface area (Å²) in [6.07, 6.45) is 0.617. The summed E-state index contributed by atoms with van der Waals surface area (Å²) in [5.74, 6) is 0.342. The molecule has 0 saturated carbocycles. The molecule has 6 heteroatoms. The number of fused-ring (bicyclic) bond motifs is 1. The molecule has 4 nitrogen and oxygen atoms in total. The van der Waals surface area contributed by atoms with E-state index in [0.717, 1.165) is 6.54 Å². The molecule has 0 bridgehead atoms. The van der Waals surface area contributed by atoms with Gasteiger partial charge < -0.3 is 5.32 Å². The van der Waals surface area contributed by atoms with Crippen LogP contribution in [0.4, 0.5) is 0 Å². The van der Waals surface area contributed by atoms with Gasteiger partial charge in [0.2, 0.25) is 0 Å². The highest BCUT2D eigenvalue weighted by Gasteiger charge is 2.41. The number of hydrogen-bond acceptors (Lipinski definition) is 4. The molecule has 0 spiro atoms. The van der Waals surface area contributed by atoms with Crippen molar-refractivity contribution < 1.29 is 12.6 Å². The number of rotatable bonds is 0. The molecule has 0 aromatic rings. The summed E-state index contributed by atoms with van der Waals surface area (Å²) in [5.41, 5.74) is 0. The fourth-order valence-electron chi connectivity index (χ4n) is 2.10. The van der Waals surface area contributed by atoms with Gasteiger partial charge in [0.15, 0.2) is 9.84 Å². The summed E-state index contributed by atoms with van der Waals surface area (Å²) in [6.45, 7) is 2.65. The van der Waals surface area contributed by atoms with Gasteiger partial charge in [0, 0.05) is 28.6 Å². The van der Waals surface area contributed by atoms with Gasteiger partial charge >= 0.3 is 0 Å². The van der Waals surface area contributed by atoms with E-state index in [1.807, 2.05) is 6.92 Å². The van der Waals surface area contributed by atoms with Crippen molar-refractivity contribution in [2.45, 2.75) is 29.9 Å². The fraction of sp³-hybridized carbons (Fsp3) is 1.00. The van der Waals surface area contributed by atoms with E-state index in [1.165, 1.54) is 0 Å². The number of hydrogen-bond donors (Lipinski definition) is 1. The molecule has 2 heterocycles. The average Bonchev–Trinajstić information content (AvgIpc) is 2.11. The Kier molecular flexibility index (Phi) is 2.70. The van der Waals surface area contributed by atoms with Crippen molar-refractivity contribution in [1.82, 2.24) is 5.32 Å². The maximum atomic E-state index is 11.9. The van der Waals surface area contributed by atoms with E-state index in [2.05, 4.69) is 5.32 Å². The quantitative estimate of drug-likeness (QED) is 0.604. The second-order valence-electron chi connectivity index (χ2n) is 4.10. The van der Waals surface area contributed by atoms with Gasteiger partial charge in [-0.3, -0.25) is 4.21 Å². The first kappa shape index (κ1) is 10.6. The topological polar surface area (TPSA) is 63.2 Å². The zero-order chi connectivity index (χ0) is 10.3. The highest BCUT2D eigenvalue weighted by molar-refractivity contribution is 7.93. The van der Waals surface area contributed by atoms with Crippen molar-refractivity contribution in [2.75, 3.05) is 18.1 Å². The minimum Gasteiger partial charge on any atom is -0.312 e. The largest absolute Gasteiger partial charge is 0.312 e.